The zero-order valence-electron chi connectivity index (χ0n) is 23.6. The molecule has 3 aromatic heterocycles. The molecule has 222 valence electrons. The van der Waals surface area contributed by atoms with E-state index in [1.807, 2.05) is 41.3 Å². The maximum atomic E-state index is 16.2. The van der Waals surface area contributed by atoms with Crippen molar-refractivity contribution in [1.29, 1.82) is 5.26 Å². The zero-order valence-corrected chi connectivity index (χ0v) is 23.6. The largest absolute Gasteiger partial charge is 0.373 e. The first-order valence-corrected chi connectivity index (χ1v) is 14.5. The van der Waals surface area contributed by atoms with Crippen molar-refractivity contribution in [3.05, 3.63) is 72.1 Å². The van der Waals surface area contributed by atoms with Crippen LogP contribution in [0.2, 0.25) is 0 Å². The summed E-state index contributed by atoms with van der Waals surface area (Å²) in [6, 6.07) is 14.5. The molecule has 1 atom stereocenters. The molecule has 1 N–H and O–H groups in total. The van der Waals surface area contributed by atoms with Crippen LogP contribution in [0.15, 0.2) is 54.9 Å². The van der Waals surface area contributed by atoms with Crippen LogP contribution in [0.4, 0.5) is 20.4 Å². The molecule has 2 aliphatic heterocycles. The highest BCUT2D eigenvalue weighted by Crippen LogP contribution is 2.31. The van der Waals surface area contributed by atoms with Crippen molar-refractivity contribution in [2.45, 2.75) is 50.9 Å². The number of halogens is 2. The molecular formula is C31H32F2N8O2. The number of amides is 1. The number of nitrogens with one attached hydrogen (secondary N) is 1. The Balaban J connectivity index is 1.26. The molecule has 2 saturated heterocycles. The summed E-state index contributed by atoms with van der Waals surface area (Å²) in [6.45, 7) is 2.48. The number of hydrogen-bond acceptors (Lipinski definition) is 8. The third kappa shape index (κ3) is 6.41. The fourth-order valence-corrected chi connectivity index (χ4v) is 5.69. The quantitative estimate of drug-likeness (QED) is 0.320. The number of likely N-dealkylation sites (tertiary alicyclic amines) is 1. The van der Waals surface area contributed by atoms with Crippen LogP contribution in [0.1, 0.15) is 37.7 Å². The lowest BCUT2D eigenvalue weighted by molar-refractivity contribution is -0.131. The number of nitrogens with zero attached hydrogens (tertiary/aromatic N) is 7. The van der Waals surface area contributed by atoms with Gasteiger partial charge in [0.25, 0.3) is 0 Å². The number of nitriles is 1. The highest BCUT2D eigenvalue weighted by molar-refractivity contribution is 5.78. The molecule has 43 heavy (non-hydrogen) atoms. The number of carbonyl (C=O) groups is 1. The van der Waals surface area contributed by atoms with Crippen molar-refractivity contribution in [3.8, 4) is 17.6 Å². The number of aromatic nitrogens is 4. The van der Waals surface area contributed by atoms with Gasteiger partial charge < -0.3 is 19.9 Å². The molecule has 2 fully saturated rings. The van der Waals surface area contributed by atoms with Gasteiger partial charge in [-0.05, 0) is 43.4 Å². The highest BCUT2D eigenvalue weighted by atomic mass is 19.1. The number of piperidine rings is 2. The van der Waals surface area contributed by atoms with E-state index in [9.17, 15) is 9.18 Å². The van der Waals surface area contributed by atoms with Crippen LogP contribution in [0.3, 0.4) is 0 Å². The third-order valence-electron chi connectivity index (χ3n) is 7.95. The molecule has 0 radical (unpaired) electrons. The van der Waals surface area contributed by atoms with Crippen molar-refractivity contribution in [2.75, 3.05) is 36.4 Å². The number of anilines is 2. The summed E-state index contributed by atoms with van der Waals surface area (Å²) in [7, 11) is 0. The molecule has 1 amide bonds. The van der Waals surface area contributed by atoms with Gasteiger partial charge in [-0.25, -0.2) is 19.3 Å². The van der Waals surface area contributed by atoms with E-state index in [4.69, 9.17) is 10.00 Å². The second kappa shape index (κ2) is 12.7. The molecule has 1 aromatic carbocycles. The summed E-state index contributed by atoms with van der Waals surface area (Å²) in [5.74, 6) is -0.930. The second-order valence-corrected chi connectivity index (χ2v) is 10.9. The lowest BCUT2D eigenvalue weighted by Gasteiger charge is -2.34. The SMILES string of the molecule is N#CCC(=O)N1CCC[C@@H](Nc2nc(-c3cnc4ccc(F)cn34)nc(N3CCC(OCc4ccccc4)CC3)c2F)C1. The summed E-state index contributed by atoms with van der Waals surface area (Å²) >= 11 is 0. The van der Waals surface area contributed by atoms with Gasteiger partial charge in [-0.15, -0.1) is 0 Å². The monoisotopic (exact) mass is 586 g/mol. The summed E-state index contributed by atoms with van der Waals surface area (Å²) in [5, 5.41) is 12.2. The Morgan fingerprint density at radius 3 is 2.67 bits per heavy atom. The van der Waals surface area contributed by atoms with Crippen LogP contribution in [0.5, 0.6) is 0 Å². The van der Waals surface area contributed by atoms with Gasteiger partial charge in [0, 0.05) is 38.4 Å². The van der Waals surface area contributed by atoms with Gasteiger partial charge in [0.15, 0.2) is 17.5 Å². The highest BCUT2D eigenvalue weighted by Gasteiger charge is 2.29. The minimum absolute atomic E-state index is 0.00777. The Hall–Kier alpha value is -4.63. The van der Waals surface area contributed by atoms with Gasteiger partial charge in [0.05, 0.1) is 25.0 Å². The van der Waals surface area contributed by atoms with E-state index in [1.54, 1.807) is 21.6 Å². The Kier molecular flexibility index (Phi) is 8.42. The summed E-state index contributed by atoms with van der Waals surface area (Å²) in [5.41, 5.74) is 2.04. The third-order valence-corrected chi connectivity index (χ3v) is 7.95. The Bertz CT molecular complexity index is 1630. The Labute approximate surface area is 247 Å². The van der Waals surface area contributed by atoms with E-state index in [-0.39, 0.29) is 41.9 Å². The molecule has 0 saturated carbocycles. The van der Waals surface area contributed by atoms with Crippen LogP contribution in [0, 0.1) is 23.0 Å². The number of carbonyl (C=O) groups excluding carboxylic acids is 1. The minimum atomic E-state index is -0.590. The fourth-order valence-electron chi connectivity index (χ4n) is 5.69. The summed E-state index contributed by atoms with van der Waals surface area (Å²) in [4.78, 5) is 29.4. The molecule has 0 aliphatic carbocycles. The summed E-state index contributed by atoms with van der Waals surface area (Å²) < 4.78 is 38.0. The smallest absolute Gasteiger partial charge is 0.236 e. The van der Waals surface area contributed by atoms with Crippen molar-refractivity contribution in [1.82, 2.24) is 24.3 Å². The lowest BCUT2D eigenvalue weighted by atomic mass is 10.1. The molecule has 6 rings (SSSR count). The molecule has 0 unspecified atom stereocenters. The standard InChI is InChI=1S/C31H32F2N8O2/c32-22-8-9-26-35-17-25(41(26)18-22)29-37-30(36-23-7-4-14-40(19-23)27(42)10-13-34)28(33)31(38-29)39-15-11-24(12-16-39)43-20-21-5-2-1-3-6-21/h1-3,5-6,8-9,17-18,23-24H,4,7,10-12,14-16,19-20H2,(H,36,37,38)/t23-/m1/s1. The average Bonchev–Trinajstić information content (AvgIpc) is 3.45. The predicted molar refractivity (Wildman–Crippen MR) is 156 cm³/mol. The van der Waals surface area contributed by atoms with E-state index >= 15 is 4.39 Å². The first-order chi connectivity index (χ1) is 21.0. The van der Waals surface area contributed by atoms with E-state index in [1.165, 1.54) is 12.3 Å². The van der Waals surface area contributed by atoms with Crippen molar-refractivity contribution in [3.63, 3.8) is 0 Å². The van der Waals surface area contributed by atoms with E-state index < -0.39 is 11.6 Å². The number of fused-ring (bicyclic) bond motifs is 1. The first-order valence-electron chi connectivity index (χ1n) is 14.5. The minimum Gasteiger partial charge on any atom is -0.373 e. The van der Waals surface area contributed by atoms with Gasteiger partial charge >= 0.3 is 0 Å². The summed E-state index contributed by atoms with van der Waals surface area (Å²) in [6.07, 6.45) is 5.51. The molecule has 2 aliphatic rings. The van der Waals surface area contributed by atoms with Crippen LogP contribution in [0.25, 0.3) is 17.2 Å². The number of hydrogen-bond donors (Lipinski definition) is 1. The van der Waals surface area contributed by atoms with Crippen LogP contribution in [-0.4, -0.2) is 68.5 Å². The van der Waals surface area contributed by atoms with Gasteiger partial charge in [-0.1, -0.05) is 30.3 Å². The predicted octanol–water partition coefficient (Wildman–Crippen LogP) is 4.57. The van der Waals surface area contributed by atoms with Gasteiger partial charge in [-0.3, -0.25) is 9.20 Å². The molecule has 5 heterocycles. The van der Waals surface area contributed by atoms with E-state index in [2.05, 4.69) is 20.3 Å². The second-order valence-electron chi connectivity index (χ2n) is 10.9. The topological polar surface area (TPSA) is 112 Å². The van der Waals surface area contributed by atoms with Crippen molar-refractivity contribution in [2.24, 2.45) is 0 Å². The maximum Gasteiger partial charge on any atom is 0.236 e. The number of imidazole rings is 1. The van der Waals surface area contributed by atoms with Crippen LogP contribution < -0.4 is 10.2 Å². The van der Waals surface area contributed by atoms with Gasteiger partial charge in [-0.2, -0.15) is 9.65 Å². The van der Waals surface area contributed by atoms with Crippen LogP contribution in [-0.2, 0) is 16.1 Å². The molecule has 0 bridgehead atoms. The number of rotatable bonds is 8. The maximum absolute atomic E-state index is 16.2. The van der Waals surface area contributed by atoms with Gasteiger partial charge in [0.2, 0.25) is 11.7 Å². The fraction of sp³-hybridized carbons (Fsp3) is 0.387. The van der Waals surface area contributed by atoms with E-state index in [0.29, 0.717) is 69.8 Å². The average molecular weight is 587 g/mol. The first kappa shape index (κ1) is 28.5. The zero-order chi connectivity index (χ0) is 29.8. The lowest BCUT2D eigenvalue weighted by Crippen LogP contribution is -2.45. The molecular weight excluding hydrogens is 554 g/mol. The number of ether oxygens (including phenoxy) is 1. The normalized spacial score (nSPS) is 17.7. The Morgan fingerprint density at radius 1 is 1.07 bits per heavy atom. The Morgan fingerprint density at radius 2 is 1.88 bits per heavy atom. The van der Waals surface area contributed by atoms with E-state index in [0.717, 1.165) is 5.56 Å². The number of benzene rings is 1. The van der Waals surface area contributed by atoms with Crippen molar-refractivity contribution < 1.29 is 18.3 Å². The molecule has 12 heteroatoms. The molecule has 10 nitrogen and oxygen atoms in total. The number of pyridine rings is 1. The van der Waals surface area contributed by atoms with Crippen molar-refractivity contribution >= 4 is 23.2 Å². The molecule has 4 aromatic rings. The van der Waals surface area contributed by atoms with Crippen LogP contribution >= 0.6 is 0 Å². The van der Waals surface area contributed by atoms with Gasteiger partial charge in [0.1, 0.15) is 23.6 Å². The molecule has 0 spiro atoms.